The van der Waals surface area contributed by atoms with Gasteiger partial charge in [0.2, 0.25) is 11.8 Å². The Morgan fingerprint density at radius 2 is 1.71 bits per heavy atom. The van der Waals surface area contributed by atoms with E-state index < -0.39 is 28.5 Å². The number of para-hydroxylation sites is 2. The lowest BCUT2D eigenvalue weighted by Crippen LogP contribution is -2.53. The first-order chi connectivity index (χ1) is 21.7. The molecule has 3 aromatic rings. The molecule has 45 heavy (non-hydrogen) atoms. The van der Waals surface area contributed by atoms with Crippen molar-refractivity contribution >= 4 is 39.3 Å². The summed E-state index contributed by atoms with van der Waals surface area (Å²) in [5.41, 5.74) is 0.998. The first-order valence-electron chi connectivity index (χ1n) is 15.3. The molecule has 0 spiro atoms. The Morgan fingerprint density at radius 1 is 1.00 bits per heavy atom. The van der Waals surface area contributed by atoms with E-state index in [2.05, 4.69) is 5.32 Å². The minimum absolute atomic E-state index is 0.0461. The van der Waals surface area contributed by atoms with Crippen molar-refractivity contribution in [2.75, 3.05) is 30.8 Å². The summed E-state index contributed by atoms with van der Waals surface area (Å²) in [5, 5.41) is 3.14. The number of nitrogens with one attached hydrogen (secondary N) is 1. The fourth-order valence-electron chi connectivity index (χ4n) is 5.58. The van der Waals surface area contributed by atoms with Gasteiger partial charge >= 0.3 is 0 Å². The van der Waals surface area contributed by atoms with Gasteiger partial charge in [0.05, 0.1) is 24.3 Å². The number of carbonyl (C=O) groups excluding carboxylic acids is 2. The van der Waals surface area contributed by atoms with Crippen molar-refractivity contribution in [3.05, 3.63) is 78.4 Å². The number of anilines is 1. The van der Waals surface area contributed by atoms with Gasteiger partial charge in [0.25, 0.3) is 10.0 Å². The van der Waals surface area contributed by atoms with E-state index in [0.717, 1.165) is 40.4 Å². The number of hydrogen-bond acceptors (Lipinski definition) is 7. The lowest BCUT2D eigenvalue weighted by Gasteiger charge is -2.34. The van der Waals surface area contributed by atoms with Gasteiger partial charge in [-0.2, -0.15) is 0 Å². The van der Waals surface area contributed by atoms with Gasteiger partial charge in [0.1, 0.15) is 24.1 Å². The van der Waals surface area contributed by atoms with Crippen molar-refractivity contribution in [2.24, 2.45) is 0 Å². The second kappa shape index (κ2) is 16.0. The number of carbonyl (C=O) groups is 2. The van der Waals surface area contributed by atoms with Gasteiger partial charge in [-0.05, 0) is 86.5 Å². The molecule has 1 aliphatic carbocycles. The van der Waals surface area contributed by atoms with E-state index in [-0.39, 0.29) is 29.1 Å². The summed E-state index contributed by atoms with van der Waals surface area (Å²) < 4.78 is 40.9. The molecule has 1 saturated carbocycles. The van der Waals surface area contributed by atoms with Crippen LogP contribution in [-0.4, -0.2) is 63.7 Å². The summed E-state index contributed by atoms with van der Waals surface area (Å²) in [6.07, 6.45) is 6.18. The van der Waals surface area contributed by atoms with Crippen LogP contribution in [0.3, 0.4) is 0 Å². The van der Waals surface area contributed by atoms with Gasteiger partial charge in [-0.25, -0.2) is 8.42 Å². The summed E-state index contributed by atoms with van der Waals surface area (Å²) in [4.78, 5) is 30.6. The van der Waals surface area contributed by atoms with Crippen molar-refractivity contribution in [2.45, 2.75) is 74.4 Å². The molecule has 1 atom stereocenters. The molecule has 0 saturated heterocycles. The van der Waals surface area contributed by atoms with Crippen molar-refractivity contribution in [3.8, 4) is 11.5 Å². The minimum atomic E-state index is -4.23. The van der Waals surface area contributed by atoms with Crippen LogP contribution in [0.25, 0.3) is 0 Å². The summed E-state index contributed by atoms with van der Waals surface area (Å²) in [5.74, 6) is 0.202. The summed E-state index contributed by atoms with van der Waals surface area (Å²) in [6.45, 7) is 3.54. The molecule has 1 N–H and O–H groups in total. The van der Waals surface area contributed by atoms with Crippen molar-refractivity contribution in [3.63, 3.8) is 0 Å². The van der Waals surface area contributed by atoms with Crippen LogP contribution in [0.15, 0.2) is 82.6 Å². The molecule has 0 aliphatic heterocycles. The maximum Gasteiger partial charge on any atom is 0.264 e. The van der Waals surface area contributed by atoms with E-state index in [4.69, 9.17) is 9.47 Å². The quantitative estimate of drug-likeness (QED) is 0.204. The lowest BCUT2D eigenvalue weighted by atomic mass is 10.1. The minimum Gasteiger partial charge on any atom is -0.497 e. The first-order valence-corrected chi connectivity index (χ1v) is 18.0. The summed E-state index contributed by atoms with van der Waals surface area (Å²) >= 11 is 1.50. The second-order valence-corrected chi connectivity index (χ2v) is 13.6. The number of nitrogens with zero attached hydrogens (tertiary/aromatic N) is 2. The Balaban J connectivity index is 1.76. The van der Waals surface area contributed by atoms with E-state index in [9.17, 15) is 18.0 Å². The average Bonchev–Trinajstić information content (AvgIpc) is 3.57. The number of rotatable bonds is 15. The van der Waals surface area contributed by atoms with Gasteiger partial charge in [-0.15, -0.1) is 11.8 Å². The zero-order chi connectivity index (χ0) is 32.4. The zero-order valence-corrected chi connectivity index (χ0v) is 28.0. The number of benzene rings is 3. The number of methoxy groups -OCH3 is 1. The number of thioether (sulfide) groups is 1. The Labute approximate surface area is 271 Å². The highest BCUT2D eigenvalue weighted by Crippen LogP contribution is 2.33. The third-order valence-corrected chi connectivity index (χ3v) is 10.5. The molecule has 2 amide bonds. The normalized spacial score (nSPS) is 14.0. The third kappa shape index (κ3) is 8.52. The van der Waals surface area contributed by atoms with E-state index in [1.807, 2.05) is 38.3 Å². The van der Waals surface area contributed by atoms with Gasteiger partial charge in [-0.1, -0.05) is 44.0 Å². The van der Waals surface area contributed by atoms with Crippen LogP contribution in [0.2, 0.25) is 0 Å². The topological polar surface area (TPSA) is 105 Å². The number of hydrogen-bond donors (Lipinski definition) is 1. The van der Waals surface area contributed by atoms with E-state index >= 15 is 0 Å². The van der Waals surface area contributed by atoms with Crippen LogP contribution in [0.4, 0.5) is 5.69 Å². The van der Waals surface area contributed by atoms with Crippen molar-refractivity contribution in [1.29, 1.82) is 0 Å². The van der Waals surface area contributed by atoms with Gasteiger partial charge in [-0.3, -0.25) is 13.9 Å². The molecule has 0 bridgehead atoms. The Hall–Kier alpha value is -3.70. The Morgan fingerprint density at radius 3 is 2.36 bits per heavy atom. The fourth-order valence-corrected chi connectivity index (χ4v) is 7.42. The zero-order valence-electron chi connectivity index (χ0n) is 26.4. The summed E-state index contributed by atoms with van der Waals surface area (Å²) in [7, 11) is -2.66. The molecule has 242 valence electrons. The molecule has 4 rings (SSSR count). The van der Waals surface area contributed by atoms with Crippen LogP contribution < -0.4 is 19.1 Å². The highest BCUT2D eigenvalue weighted by Gasteiger charge is 2.35. The first kappa shape index (κ1) is 34.2. The highest BCUT2D eigenvalue weighted by atomic mass is 32.2. The molecular formula is C34H43N3O6S2. The standard InChI is InChI=1S/C34H43N3O6S2/c1-5-30(34(39)35-26-13-7-8-14-26)36(23-25-12-11-15-27(22-25)42-3)33(38)24-37(31-16-9-10-17-32(31)43-6-2)45(40,41)29-20-18-28(44-4)19-21-29/h9-12,15-22,26,30H,5-8,13-14,23-24H2,1-4H3,(H,35,39). The maximum atomic E-state index is 14.4. The predicted octanol–water partition coefficient (Wildman–Crippen LogP) is 5.88. The Kier molecular flexibility index (Phi) is 12.2. The molecule has 1 aliphatic rings. The van der Waals surface area contributed by atoms with Crippen molar-refractivity contribution < 1.29 is 27.5 Å². The fraction of sp³-hybridized carbons (Fsp3) is 0.412. The van der Waals surface area contributed by atoms with E-state index in [0.29, 0.717) is 24.5 Å². The third-order valence-electron chi connectivity index (χ3n) is 7.93. The van der Waals surface area contributed by atoms with Gasteiger partial charge in [0, 0.05) is 17.5 Å². The van der Waals surface area contributed by atoms with E-state index in [1.54, 1.807) is 61.7 Å². The average molecular weight is 654 g/mol. The van der Waals surface area contributed by atoms with Crippen LogP contribution in [0.1, 0.15) is 51.5 Å². The molecule has 0 aromatic heterocycles. The van der Waals surface area contributed by atoms with Gasteiger partial charge in [0.15, 0.2) is 0 Å². The Bertz CT molecular complexity index is 1540. The van der Waals surface area contributed by atoms with Crippen LogP contribution in [0.5, 0.6) is 11.5 Å². The maximum absolute atomic E-state index is 14.4. The SMILES string of the molecule is CCOc1ccccc1N(CC(=O)N(Cc1cccc(OC)c1)C(CC)C(=O)NC1CCCC1)S(=O)(=O)c1ccc(SC)cc1. The molecule has 9 nitrogen and oxygen atoms in total. The van der Waals surface area contributed by atoms with E-state index in [1.165, 1.54) is 16.7 Å². The summed E-state index contributed by atoms with van der Waals surface area (Å²) in [6, 6.07) is 19.9. The number of ether oxygens (including phenoxy) is 2. The monoisotopic (exact) mass is 653 g/mol. The van der Waals surface area contributed by atoms with Crippen LogP contribution in [-0.2, 0) is 26.2 Å². The molecule has 0 heterocycles. The predicted molar refractivity (Wildman–Crippen MR) is 178 cm³/mol. The van der Waals surface area contributed by atoms with Gasteiger partial charge < -0.3 is 19.7 Å². The lowest BCUT2D eigenvalue weighted by molar-refractivity contribution is -0.140. The number of sulfonamides is 1. The molecular weight excluding hydrogens is 611 g/mol. The smallest absolute Gasteiger partial charge is 0.264 e. The molecule has 3 aromatic carbocycles. The molecule has 0 radical (unpaired) electrons. The van der Waals surface area contributed by atoms with Crippen LogP contribution in [0, 0.1) is 0 Å². The van der Waals surface area contributed by atoms with Crippen LogP contribution >= 0.6 is 11.8 Å². The molecule has 1 unspecified atom stereocenters. The molecule has 1 fully saturated rings. The number of amides is 2. The largest absolute Gasteiger partial charge is 0.497 e. The molecule has 11 heteroatoms. The highest BCUT2D eigenvalue weighted by molar-refractivity contribution is 7.98. The van der Waals surface area contributed by atoms with Crippen molar-refractivity contribution in [1.82, 2.24) is 10.2 Å². The second-order valence-electron chi connectivity index (χ2n) is 10.9.